The first-order chi connectivity index (χ1) is 9.54. The summed E-state index contributed by atoms with van der Waals surface area (Å²) < 4.78 is 3.64. The van der Waals surface area contributed by atoms with Crippen LogP contribution < -0.4 is 0 Å². The van der Waals surface area contributed by atoms with Crippen molar-refractivity contribution in [3.63, 3.8) is 0 Å². The molecule has 1 N–H and O–H groups in total. The SMILES string of the molecule is CCn1cncc1C(O)c1c(Cl)cnn1CCN(C)C. The molecule has 0 radical (unpaired) electrons. The Morgan fingerprint density at radius 2 is 2.15 bits per heavy atom. The molecule has 0 saturated carbocycles. The van der Waals surface area contributed by atoms with Crippen LogP contribution in [0.5, 0.6) is 0 Å². The van der Waals surface area contributed by atoms with Crippen molar-refractivity contribution in [2.75, 3.05) is 20.6 Å². The summed E-state index contributed by atoms with van der Waals surface area (Å²) in [6.45, 7) is 4.25. The van der Waals surface area contributed by atoms with E-state index in [0.717, 1.165) is 18.8 Å². The van der Waals surface area contributed by atoms with E-state index < -0.39 is 6.10 Å². The highest BCUT2D eigenvalue weighted by Gasteiger charge is 2.22. The summed E-state index contributed by atoms with van der Waals surface area (Å²) >= 11 is 6.18. The third kappa shape index (κ3) is 3.03. The van der Waals surface area contributed by atoms with Crippen molar-refractivity contribution in [2.24, 2.45) is 0 Å². The highest BCUT2D eigenvalue weighted by molar-refractivity contribution is 6.31. The molecule has 0 aliphatic carbocycles. The lowest BCUT2D eigenvalue weighted by molar-refractivity contribution is 0.196. The highest BCUT2D eigenvalue weighted by Crippen LogP contribution is 2.28. The molecule has 0 saturated heterocycles. The Bertz CT molecular complexity index is 563. The summed E-state index contributed by atoms with van der Waals surface area (Å²) in [7, 11) is 3.99. The van der Waals surface area contributed by atoms with Crippen LogP contribution in [-0.2, 0) is 13.1 Å². The fourth-order valence-electron chi connectivity index (χ4n) is 2.08. The van der Waals surface area contributed by atoms with E-state index in [9.17, 15) is 5.11 Å². The minimum absolute atomic E-state index is 0.472. The van der Waals surface area contributed by atoms with Gasteiger partial charge in [0.25, 0.3) is 0 Å². The molecule has 110 valence electrons. The summed E-state index contributed by atoms with van der Waals surface area (Å²) in [4.78, 5) is 6.14. The summed E-state index contributed by atoms with van der Waals surface area (Å²) in [5, 5.41) is 15.3. The standard InChI is InChI=1S/C13H20ClN5O/c1-4-18-9-15-8-11(18)13(20)12-10(14)7-16-19(12)6-5-17(2)3/h7-9,13,20H,4-6H2,1-3H3. The third-order valence-electron chi connectivity index (χ3n) is 3.22. The van der Waals surface area contributed by atoms with E-state index in [1.165, 1.54) is 0 Å². The first kappa shape index (κ1) is 15.0. The summed E-state index contributed by atoms with van der Waals surface area (Å²) in [5.74, 6) is 0. The molecule has 0 fully saturated rings. The molecule has 0 aliphatic heterocycles. The maximum atomic E-state index is 10.6. The van der Waals surface area contributed by atoms with Gasteiger partial charge in [0.15, 0.2) is 0 Å². The molecular weight excluding hydrogens is 278 g/mol. The number of aryl methyl sites for hydroxylation is 1. The zero-order valence-corrected chi connectivity index (χ0v) is 12.7. The number of rotatable bonds is 6. The molecule has 0 aliphatic rings. The maximum Gasteiger partial charge on any atom is 0.139 e. The quantitative estimate of drug-likeness (QED) is 0.875. The van der Waals surface area contributed by atoms with Gasteiger partial charge in [-0.3, -0.25) is 4.68 Å². The lowest BCUT2D eigenvalue weighted by atomic mass is 10.2. The van der Waals surface area contributed by atoms with Gasteiger partial charge >= 0.3 is 0 Å². The Labute approximate surface area is 123 Å². The Kier molecular flexibility index (Phi) is 4.80. The molecular formula is C13H20ClN5O. The molecule has 2 aromatic heterocycles. The van der Waals surface area contributed by atoms with Crippen molar-refractivity contribution in [3.8, 4) is 0 Å². The number of nitrogens with zero attached hydrogens (tertiary/aromatic N) is 5. The lowest BCUT2D eigenvalue weighted by Gasteiger charge is -2.17. The van der Waals surface area contributed by atoms with Crippen LogP contribution >= 0.6 is 11.6 Å². The van der Waals surface area contributed by atoms with Crippen LogP contribution in [0.15, 0.2) is 18.7 Å². The second-order valence-electron chi connectivity index (χ2n) is 4.91. The minimum atomic E-state index is -0.824. The molecule has 0 spiro atoms. The van der Waals surface area contributed by atoms with Crippen LogP contribution in [0.3, 0.4) is 0 Å². The van der Waals surface area contributed by atoms with Gasteiger partial charge in [0, 0.05) is 13.1 Å². The average Bonchev–Trinajstić information content (AvgIpc) is 3.01. The van der Waals surface area contributed by atoms with Gasteiger partial charge in [-0.25, -0.2) is 4.98 Å². The van der Waals surface area contributed by atoms with E-state index in [1.807, 2.05) is 25.6 Å². The molecule has 2 heterocycles. The molecule has 2 rings (SSSR count). The van der Waals surface area contributed by atoms with Gasteiger partial charge in [0.1, 0.15) is 6.10 Å². The van der Waals surface area contributed by atoms with Gasteiger partial charge in [0.05, 0.1) is 41.7 Å². The van der Waals surface area contributed by atoms with Gasteiger partial charge in [-0.15, -0.1) is 0 Å². The van der Waals surface area contributed by atoms with Crippen LogP contribution in [0.1, 0.15) is 24.4 Å². The number of aliphatic hydroxyl groups is 1. The van der Waals surface area contributed by atoms with E-state index >= 15 is 0 Å². The monoisotopic (exact) mass is 297 g/mol. The van der Waals surface area contributed by atoms with Crippen LogP contribution in [0.25, 0.3) is 0 Å². The van der Waals surface area contributed by atoms with Gasteiger partial charge in [-0.1, -0.05) is 11.6 Å². The van der Waals surface area contributed by atoms with E-state index in [-0.39, 0.29) is 0 Å². The van der Waals surface area contributed by atoms with E-state index in [1.54, 1.807) is 23.4 Å². The largest absolute Gasteiger partial charge is 0.380 e. The van der Waals surface area contributed by atoms with Gasteiger partial charge < -0.3 is 14.6 Å². The molecule has 0 bridgehead atoms. The summed E-state index contributed by atoms with van der Waals surface area (Å²) in [6.07, 6.45) is 4.11. The Morgan fingerprint density at radius 3 is 2.80 bits per heavy atom. The Morgan fingerprint density at radius 1 is 1.40 bits per heavy atom. The second kappa shape index (κ2) is 6.39. The predicted octanol–water partition coefficient (Wildman–Crippen LogP) is 1.40. The van der Waals surface area contributed by atoms with Gasteiger partial charge in [0.2, 0.25) is 0 Å². The molecule has 0 aromatic carbocycles. The molecule has 7 heteroatoms. The third-order valence-corrected chi connectivity index (χ3v) is 3.51. The van der Waals surface area contributed by atoms with E-state index in [2.05, 4.69) is 15.0 Å². The number of imidazole rings is 1. The first-order valence-electron chi connectivity index (χ1n) is 6.58. The number of likely N-dealkylation sites (N-methyl/N-ethyl adjacent to an activating group) is 1. The summed E-state index contributed by atoms with van der Waals surface area (Å²) in [5.41, 5.74) is 1.34. The van der Waals surface area contributed by atoms with Crippen molar-refractivity contribution < 1.29 is 5.11 Å². The zero-order valence-electron chi connectivity index (χ0n) is 12.0. The number of halogens is 1. The topological polar surface area (TPSA) is 59.1 Å². The van der Waals surface area contributed by atoms with Crippen molar-refractivity contribution in [3.05, 3.63) is 35.1 Å². The van der Waals surface area contributed by atoms with E-state index in [4.69, 9.17) is 11.6 Å². The normalized spacial score (nSPS) is 13.1. The molecule has 2 aromatic rings. The lowest BCUT2D eigenvalue weighted by Crippen LogP contribution is -2.21. The number of aromatic nitrogens is 4. The fourth-order valence-corrected chi connectivity index (χ4v) is 2.32. The van der Waals surface area contributed by atoms with Crippen molar-refractivity contribution in [2.45, 2.75) is 26.1 Å². The van der Waals surface area contributed by atoms with Gasteiger partial charge in [-0.05, 0) is 21.0 Å². The molecule has 1 unspecified atom stereocenters. The van der Waals surface area contributed by atoms with Gasteiger partial charge in [-0.2, -0.15) is 5.10 Å². The van der Waals surface area contributed by atoms with Crippen molar-refractivity contribution in [1.29, 1.82) is 0 Å². The van der Waals surface area contributed by atoms with Crippen molar-refractivity contribution >= 4 is 11.6 Å². The van der Waals surface area contributed by atoms with Crippen molar-refractivity contribution in [1.82, 2.24) is 24.2 Å². The smallest absolute Gasteiger partial charge is 0.139 e. The Hall–Kier alpha value is -1.37. The Balaban J connectivity index is 2.29. The average molecular weight is 298 g/mol. The van der Waals surface area contributed by atoms with Crippen LogP contribution in [-0.4, -0.2) is 50.0 Å². The molecule has 6 nitrogen and oxygen atoms in total. The molecule has 1 atom stereocenters. The summed E-state index contributed by atoms with van der Waals surface area (Å²) in [6, 6.07) is 0. The molecule has 0 amide bonds. The van der Waals surface area contributed by atoms with Crippen LogP contribution in [0.2, 0.25) is 5.02 Å². The number of hydrogen-bond acceptors (Lipinski definition) is 4. The fraction of sp³-hybridized carbons (Fsp3) is 0.538. The minimum Gasteiger partial charge on any atom is -0.380 e. The van der Waals surface area contributed by atoms with Crippen LogP contribution in [0, 0.1) is 0 Å². The second-order valence-corrected chi connectivity index (χ2v) is 5.32. The molecule has 20 heavy (non-hydrogen) atoms. The van der Waals surface area contributed by atoms with E-state index in [0.29, 0.717) is 17.3 Å². The predicted molar refractivity (Wildman–Crippen MR) is 77.8 cm³/mol. The highest BCUT2D eigenvalue weighted by atomic mass is 35.5. The van der Waals surface area contributed by atoms with Crippen LogP contribution in [0.4, 0.5) is 0 Å². The number of aliphatic hydroxyl groups excluding tert-OH is 1. The maximum absolute atomic E-state index is 10.6. The number of hydrogen-bond donors (Lipinski definition) is 1. The zero-order chi connectivity index (χ0) is 14.7. The first-order valence-corrected chi connectivity index (χ1v) is 6.96.